The second kappa shape index (κ2) is 18.0. The number of nitrogens with zero attached hydrogens (tertiary/aromatic N) is 2. The van der Waals surface area contributed by atoms with E-state index in [0.29, 0.717) is 17.9 Å². The Morgan fingerprint density at radius 1 is 0.784 bits per heavy atom. The van der Waals surface area contributed by atoms with Gasteiger partial charge >= 0.3 is 0 Å². The molecule has 2 atom stereocenters. The molecule has 1 N–H and O–H groups in total. The second-order valence-corrected chi connectivity index (χ2v) is 14.5. The van der Waals surface area contributed by atoms with E-state index in [-0.39, 0.29) is 47.0 Å². The molecule has 0 aliphatic rings. The fourth-order valence-electron chi connectivity index (χ4n) is 5.39. The smallest absolute Gasteiger partial charge is 0.265 e. The normalized spacial score (nSPS) is 12.3. The third-order valence-electron chi connectivity index (χ3n) is 8.41. The standard InChI is InChI=1S/C38H44BrN3O8S/c1-7-26(2)40-38(44)33(21-27-11-9-8-10-12-27)41(24-28-13-15-29(39)16-14-28)37(43)25-42(32-22-30(47-3)17-19-34(32)48-4)51(45,46)31-18-20-35(49-5)36(23-31)50-6/h8-20,22-23,26,33H,7,21,24-25H2,1-6H3,(H,40,44)/t26-,33-/m1/s1. The molecule has 0 heterocycles. The fourth-order valence-corrected chi connectivity index (χ4v) is 7.09. The number of carbonyl (C=O) groups is 2. The molecule has 51 heavy (non-hydrogen) atoms. The van der Waals surface area contributed by atoms with Crippen LogP contribution in [0.25, 0.3) is 0 Å². The molecule has 13 heteroatoms. The zero-order valence-corrected chi connectivity index (χ0v) is 32.0. The number of sulfonamides is 1. The van der Waals surface area contributed by atoms with Crippen LogP contribution >= 0.6 is 15.9 Å². The summed E-state index contributed by atoms with van der Waals surface area (Å²) in [5.41, 5.74) is 1.64. The summed E-state index contributed by atoms with van der Waals surface area (Å²) in [7, 11) is 1.21. The fraction of sp³-hybridized carbons (Fsp3) is 0.316. The van der Waals surface area contributed by atoms with Crippen LogP contribution in [0, 0.1) is 0 Å². The lowest BCUT2D eigenvalue weighted by Gasteiger charge is -2.34. The lowest BCUT2D eigenvalue weighted by molar-refractivity contribution is -0.140. The predicted octanol–water partition coefficient (Wildman–Crippen LogP) is 6.23. The first-order valence-corrected chi connectivity index (χ1v) is 18.5. The zero-order chi connectivity index (χ0) is 37.1. The third-order valence-corrected chi connectivity index (χ3v) is 10.7. The molecule has 0 aliphatic carbocycles. The summed E-state index contributed by atoms with van der Waals surface area (Å²) in [6.45, 7) is 3.20. The van der Waals surface area contributed by atoms with Crippen molar-refractivity contribution in [2.45, 2.75) is 50.2 Å². The number of benzene rings is 4. The summed E-state index contributed by atoms with van der Waals surface area (Å²) in [6.07, 6.45) is 0.869. The monoisotopic (exact) mass is 781 g/mol. The van der Waals surface area contributed by atoms with Gasteiger partial charge in [0.1, 0.15) is 24.1 Å². The molecular formula is C38H44BrN3O8S. The van der Waals surface area contributed by atoms with Crippen LogP contribution in [0.1, 0.15) is 31.4 Å². The van der Waals surface area contributed by atoms with Gasteiger partial charge in [-0.15, -0.1) is 0 Å². The molecule has 0 unspecified atom stereocenters. The number of methoxy groups -OCH3 is 4. The van der Waals surface area contributed by atoms with Gasteiger partial charge in [-0.3, -0.25) is 13.9 Å². The Bertz CT molecular complexity index is 1890. The van der Waals surface area contributed by atoms with Gasteiger partial charge in [0.05, 0.1) is 39.0 Å². The molecule has 0 bridgehead atoms. The van der Waals surface area contributed by atoms with Crippen molar-refractivity contribution in [3.63, 3.8) is 0 Å². The van der Waals surface area contributed by atoms with E-state index in [1.807, 2.05) is 68.4 Å². The Morgan fingerprint density at radius 3 is 2.04 bits per heavy atom. The molecule has 272 valence electrons. The minimum Gasteiger partial charge on any atom is -0.497 e. The van der Waals surface area contributed by atoms with E-state index in [1.165, 1.54) is 57.6 Å². The van der Waals surface area contributed by atoms with Crippen molar-refractivity contribution in [1.29, 1.82) is 0 Å². The average Bonchev–Trinajstić information content (AvgIpc) is 3.15. The van der Waals surface area contributed by atoms with Crippen LogP contribution in [0.5, 0.6) is 23.0 Å². The van der Waals surface area contributed by atoms with Gasteiger partial charge < -0.3 is 29.2 Å². The minimum absolute atomic E-state index is 0.0248. The number of halogens is 1. The highest BCUT2D eigenvalue weighted by atomic mass is 79.9. The summed E-state index contributed by atoms with van der Waals surface area (Å²) in [5.74, 6) is 0.0626. The summed E-state index contributed by atoms with van der Waals surface area (Å²) in [5, 5.41) is 3.04. The first kappa shape index (κ1) is 39.0. The average molecular weight is 783 g/mol. The number of anilines is 1. The summed E-state index contributed by atoms with van der Waals surface area (Å²) < 4.78 is 53.0. The van der Waals surface area contributed by atoms with Gasteiger partial charge in [-0.1, -0.05) is 65.3 Å². The van der Waals surface area contributed by atoms with Crippen LogP contribution in [0.2, 0.25) is 0 Å². The molecule has 0 saturated heterocycles. The van der Waals surface area contributed by atoms with Crippen LogP contribution in [-0.4, -0.2) is 72.2 Å². The van der Waals surface area contributed by atoms with Crippen molar-refractivity contribution in [3.05, 3.63) is 107 Å². The number of amides is 2. The van der Waals surface area contributed by atoms with Crippen LogP contribution in [-0.2, 0) is 32.6 Å². The quantitative estimate of drug-likeness (QED) is 0.134. The summed E-state index contributed by atoms with van der Waals surface area (Å²) in [4.78, 5) is 30.2. The minimum atomic E-state index is -4.50. The molecule has 2 amide bonds. The molecule has 4 aromatic rings. The van der Waals surface area contributed by atoms with Gasteiger partial charge in [-0.25, -0.2) is 8.42 Å². The number of nitrogens with one attached hydrogen (secondary N) is 1. The van der Waals surface area contributed by atoms with Gasteiger partial charge in [0, 0.05) is 35.6 Å². The number of rotatable bonds is 17. The molecule has 0 spiro atoms. The first-order valence-electron chi connectivity index (χ1n) is 16.3. The van der Waals surface area contributed by atoms with Gasteiger partial charge in [-0.2, -0.15) is 0 Å². The molecule has 0 fully saturated rings. The molecule has 0 aromatic heterocycles. The van der Waals surface area contributed by atoms with Crippen LogP contribution in [0.15, 0.2) is 100 Å². The molecule has 4 rings (SSSR count). The topological polar surface area (TPSA) is 124 Å². The lowest BCUT2D eigenvalue weighted by atomic mass is 10.0. The van der Waals surface area contributed by atoms with Crippen molar-refractivity contribution in [2.24, 2.45) is 0 Å². The van der Waals surface area contributed by atoms with Crippen molar-refractivity contribution in [3.8, 4) is 23.0 Å². The Hall–Kier alpha value is -4.75. The van der Waals surface area contributed by atoms with E-state index in [2.05, 4.69) is 21.2 Å². The van der Waals surface area contributed by atoms with E-state index in [0.717, 1.165) is 19.9 Å². The number of ether oxygens (including phenoxy) is 4. The van der Waals surface area contributed by atoms with Crippen molar-refractivity contribution >= 4 is 43.5 Å². The number of hydrogen-bond donors (Lipinski definition) is 1. The largest absolute Gasteiger partial charge is 0.497 e. The highest BCUT2D eigenvalue weighted by molar-refractivity contribution is 9.10. The first-order chi connectivity index (χ1) is 24.4. The molecule has 11 nitrogen and oxygen atoms in total. The van der Waals surface area contributed by atoms with E-state index in [4.69, 9.17) is 18.9 Å². The van der Waals surface area contributed by atoms with Crippen molar-refractivity contribution < 1.29 is 37.0 Å². The highest BCUT2D eigenvalue weighted by Crippen LogP contribution is 2.38. The Kier molecular flexibility index (Phi) is 13.7. The maximum Gasteiger partial charge on any atom is 0.265 e. The van der Waals surface area contributed by atoms with E-state index >= 15 is 0 Å². The maximum absolute atomic E-state index is 14.9. The van der Waals surface area contributed by atoms with Gasteiger partial charge in [-0.05, 0) is 60.9 Å². The van der Waals surface area contributed by atoms with Crippen LogP contribution in [0.4, 0.5) is 5.69 Å². The van der Waals surface area contributed by atoms with Gasteiger partial charge in [0.15, 0.2) is 11.5 Å². The van der Waals surface area contributed by atoms with Crippen LogP contribution < -0.4 is 28.6 Å². The SMILES string of the molecule is CC[C@@H](C)NC(=O)[C@@H](Cc1ccccc1)N(Cc1ccc(Br)cc1)C(=O)CN(c1cc(OC)ccc1OC)S(=O)(=O)c1ccc(OC)c(OC)c1. The molecule has 0 saturated carbocycles. The van der Waals surface area contributed by atoms with Crippen molar-refractivity contribution in [2.75, 3.05) is 39.3 Å². The van der Waals surface area contributed by atoms with Crippen LogP contribution in [0.3, 0.4) is 0 Å². The maximum atomic E-state index is 14.9. The number of carbonyl (C=O) groups excluding carboxylic acids is 2. The Morgan fingerprint density at radius 2 is 1.43 bits per heavy atom. The highest BCUT2D eigenvalue weighted by Gasteiger charge is 2.36. The second-order valence-electron chi connectivity index (χ2n) is 11.7. The third kappa shape index (κ3) is 9.73. The van der Waals surface area contributed by atoms with E-state index in [9.17, 15) is 18.0 Å². The summed E-state index contributed by atoms with van der Waals surface area (Å²) >= 11 is 3.46. The van der Waals surface area contributed by atoms with Crippen molar-refractivity contribution in [1.82, 2.24) is 10.2 Å². The van der Waals surface area contributed by atoms with Gasteiger partial charge in [0.2, 0.25) is 11.8 Å². The molecule has 0 aliphatic heterocycles. The van der Waals surface area contributed by atoms with E-state index < -0.39 is 28.5 Å². The molecule has 0 radical (unpaired) electrons. The predicted molar refractivity (Wildman–Crippen MR) is 200 cm³/mol. The van der Waals surface area contributed by atoms with Gasteiger partial charge in [0.25, 0.3) is 10.0 Å². The van der Waals surface area contributed by atoms with E-state index in [1.54, 1.807) is 12.1 Å². The molecule has 4 aromatic carbocycles. The lowest BCUT2D eigenvalue weighted by Crippen LogP contribution is -2.54. The Balaban J connectivity index is 1.90. The summed E-state index contributed by atoms with van der Waals surface area (Å²) in [6, 6.07) is 24.5. The number of hydrogen-bond acceptors (Lipinski definition) is 8. The Labute approximate surface area is 308 Å². The molecular weight excluding hydrogens is 738 g/mol. The zero-order valence-electron chi connectivity index (χ0n) is 29.6.